The van der Waals surface area contributed by atoms with E-state index in [0.717, 1.165) is 38.4 Å². The number of carbonyl (C=O) groups excluding carboxylic acids is 1. The maximum Gasteiger partial charge on any atom is 0.262 e. The van der Waals surface area contributed by atoms with Gasteiger partial charge >= 0.3 is 0 Å². The van der Waals surface area contributed by atoms with E-state index in [2.05, 4.69) is 21.9 Å². The lowest BCUT2D eigenvalue weighted by molar-refractivity contribution is 0.0952. The predicted molar refractivity (Wildman–Crippen MR) is 132 cm³/mol. The van der Waals surface area contributed by atoms with Gasteiger partial charge in [-0.25, -0.2) is 8.42 Å². The Morgan fingerprint density at radius 2 is 2.03 bits per heavy atom. The molecule has 1 fully saturated rings. The molecular formula is C24H32ClN3O4S. The first-order valence-corrected chi connectivity index (χ1v) is 13.1. The highest BCUT2D eigenvalue weighted by Gasteiger charge is 2.19. The van der Waals surface area contributed by atoms with Gasteiger partial charge in [0.05, 0.1) is 17.7 Å². The van der Waals surface area contributed by atoms with Crippen LogP contribution in [0.2, 0.25) is 5.02 Å². The van der Waals surface area contributed by atoms with Crippen molar-refractivity contribution in [2.75, 3.05) is 38.0 Å². The van der Waals surface area contributed by atoms with Crippen LogP contribution in [-0.2, 0) is 10.0 Å². The third-order valence-corrected chi connectivity index (χ3v) is 7.34. The molecule has 0 aliphatic carbocycles. The Hall–Kier alpha value is -2.29. The van der Waals surface area contributed by atoms with Crippen molar-refractivity contribution in [1.82, 2.24) is 10.2 Å². The number of nitrogens with one attached hydrogen (secondary N) is 2. The number of anilines is 1. The molecule has 1 aliphatic rings. The Labute approximate surface area is 201 Å². The fraction of sp³-hybridized carbons (Fsp3) is 0.458. The Bertz CT molecular complexity index is 1060. The molecule has 2 aromatic carbocycles. The molecule has 0 bridgehead atoms. The van der Waals surface area contributed by atoms with E-state index in [1.54, 1.807) is 24.3 Å². The number of rotatable bonds is 10. The highest BCUT2D eigenvalue weighted by atomic mass is 35.5. The number of likely N-dealkylation sites (tertiary alicyclic amines) is 1. The number of hydrogen-bond acceptors (Lipinski definition) is 5. The van der Waals surface area contributed by atoms with Crippen LogP contribution < -0.4 is 14.8 Å². The molecule has 0 saturated carbocycles. The zero-order valence-electron chi connectivity index (χ0n) is 19.1. The van der Waals surface area contributed by atoms with E-state index in [0.29, 0.717) is 22.9 Å². The van der Waals surface area contributed by atoms with E-state index in [1.807, 2.05) is 0 Å². The summed E-state index contributed by atoms with van der Waals surface area (Å²) in [4.78, 5) is 15.0. The maximum absolute atomic E-state index is 12.9. The van der Waals surface area contributed by atoms with Crippen LogP contribution in [0.15, 0.2) is 47.4 Å². The predicted octanol–water partition coefficient (Wildman–Crippen LogP) is 4.39. The molecule has 7 nitrogen and oxygen atoms in total. The minimum absolute atomic E-state index is 0.0172. The Balaban J connectivity index is 1.55. The molecule has 1 heterocycles. The monoisotopic (exact) mass is 493 g/mol. The largest absolute Gasteiger partial charge is 0.495 e. The van der Waals surface area contributed by atoms with Crippen molar-refractivity contribution in [3.05, 3.63) is 53.1 Å². The molecule has 1 amide bonds. The molecule has 1 atom stereocenters. The van der Waals surface area contributed by atoms with Crippen LogP contribution in [0.5, 0.6) is 5.75 Å². The molecule has 180 valence electrons. The van der Waals surface area contributed by atoms with Crippen molar-refractivity contribution >= 4 is 33.2 Å². The van der Waals surface area contributed by atoms with Crippen LogP contribution in [0.4, 0.5) is 5.69 Å². The first-order valence-electron chi connectivity index (χ1n) is 11.3. The lowest BCUT2D eigenvalue weighted by Gasteiger charge is -2.30. The van der Waals surface area contributed by atoms with Crippen LogP contribution in [0.1, 0.15) is 43.0 Å². The molecule has 2 aromatic rings. The second-order valence-electron chi connectivity index (χ2n) is 8.49. The molecule has 0 aromatic heterocycles. The van der Waals surface area contributed by atoms with Gasteiger partial charge in [0.25, 0.3) is 15.9 Å². The van der Waals surface area contributed by atoms with Crippen LogP contribution in [-0.4, -0.2) is 52.5 Å². The van der Waals surface area contributed by atoms with Crippen molar-refractivity contribution in [3.8, 4) is 5.75 Å². The number of unbranched alkanes of at least 4 members (excludes halogenated alkanes) is 1. The van der Waals surface area contributed by atoms with Gasteiger partial charge in [0.2, 0.25) is 0 Å². The number of benzene rings is 2. The van der Waals surface area contributed by atoms with Gasteiger partial charge in [-0.3, -0.25) is 9.52 Å². The number of amides is 1. The first kappa shape index (κ1) is 25.3. The standard InChI is InChI=1S/C24H32ClN3O4S/c1-18-7-6-14-28(17-18)13-4-3-12-26-24(29)19-8-5-9-21(15-19)33(30,31)27-22-16-20(25)10-11-23(22)32-2/h5,8-11,15-16,18,27H,3-4,6-7,12-14,17H2,1-2H3,(H,26,29). The third kappa shape index (κ3) is 7.35. The minimum Gasteiger partial charge on any atom is -0.495 e. The van der Waals surface area contributed by atoms with Crippen LogP contribution in [0.3, 0.4) is 0 Å². The van der Waals surface area contributed by atoms with Gasteiger partial charge < -0.3 is 15.0 Å². The van der Waals surface area contributed by atoms with Crippen molar-refractivity contribution in [2.24, 2.45) is 5.92 Å². The van der Waals surface area contributed by atoms with Gasteiger partial charge in [0.1, 0.15) is 5.75 Å². The average molecular weight is 494 g/mol. The second-order valence-corrected chi connectivity index (χ2v) is 10.6. The zero-order chi connectivity index (χ0) is 23.8. The van der Waals surface area contributed by atoms with Gasteiger partial charge in [-0.05, 0) is 81.1 Å². The minimum atomic E-state index is -3.94. The number of hydrogen-bond donors (Lipinski definition) is 2. The molecule has 1 saturated heterocycles. The molecule has 2 N–H and O–H groups in total. The summed E-state index contributed by atoms with van der Waals surface area (Å²) in [7, 11) is -2.50. The fourth-order valence-corrected chi connectivity index (χ4v) is 5.30. The summed E-state index contributed by atoms with van der Waals surface area (Å²) < 4.78 is 33.4. The highest BCUT2D eigenvalue weighted by molar-refractivity contribution is 7.92. The average Bonchev–Trinajstić information content (AvgIpc) is 2.79. The summed E-state index contributed by atoms with van der Waals surface area (Å²) in [6, 6.07) is 10.6. The lowest BCUT2D eigenvalue weighted by Crippen LogP contribution is -2.35. The van der Waals surface area contributed by atoms with Crippen LogP contribution >= 0.6 is 11.6 Å². The molecular weight excluding hydrogens is 462 g/mol. The Morgan fingerprint density at radius 1 is 1.21 bits per heavy atom. The molecule has 33 heavy (non-hydrogen) atoms. The number of piperidine rings is 1. The number of ether oxygens (including phenoxy) is 1. The smallest absolute Gasteiger partial charge is 0.262 e. The third-order valence-electron chi connectivity index (χ3n) is 5.74. The van der Waals surface area contributed by atoms with Crippen molar-refractivity contribution < 1.29 is 17.9 Å². The highest BCUT2D eigenvalue weighted by Crippen LogP contribution is 2.30. The Morgan fingerprint density at radius 3 is 2.79 bits per heavy atom. The number of carbonyl (C=O) groups is 1. The number of sulfonamides is 1. The van der Waals surface area contributed by atoms with Gasteiger partial charge in [0.15, 0.2) is 0 Å². The Kier molecular flexibility index (Phi) is 9.00. The van der Waals surface area contributed by atoms with E-state index in [1.165, 1.54) is 38.2 Å². The van der Waals surface area contributed by atoms with E-state index in [9.17, 15) is 13.2 Å². The van der Waals surface area contributed by atoms with E-state index >= 15 is 0 Å². The van der Waals surface area contributed by atoms with Gasteiger partial charge in [-0.15, -0.1) is 0 Å². The number of methoxy groups -OCH3 is 1. The molecule has 9 heteroatoms. The van der Waals surface area contributed by atoms with Crippen molar-refractivity contribution in [3.63, 3.8) is 0 Å². The summed E-state index contributed by atoms with van der Waals surface area (Å²) in [5.41, 5.74) is 0.517. The topological polar surface area (TPSA) is 87.7 Å². The summed E-state index contributed by atoms with van der Waals surface area (Å²) in [5, 5.41) is 3.26. The summed E-state index contributed by atoms with van der Waals surface area (Å²) in [5.74, 6) is 0.811. The van der Waals surface area contributed by atoms with E-state index in [-0.39, 0.29) is 16.5 Å². The van der Waals surface area contributed by atoms with E-state index in [4.69, 9.17) is 16.3 Å². The first-order chi connectivity index (χ1) is 15.8. The molecule has 0 spiro atoms. The number of halogens is 1. The molecule has 1 unspecified atom stereocenters. The fourth-order valence-electron chi connectivity index (χ4n) is 4.02. The molecule has 0 radical (unpaired) electrons. The normalized spacial score (nSPS) is 16.9. The van der Waals surface area contributed by atoms with Gasteiger partial charge in [-0.1, -0.05) is 24.6 Å². The second kappa shape index (κ2) is 11.7. The summed E-state index contributed by atoms with van der Waals surface area (Å²) in [6.45, 7) is 6.21. The van der Waals surface area contributed by atoms with Crippen LogP contribution in [0.25, 0.3) is 0 Å². The van der Waals surface area contributed by atoms with Crippen LogP contribution in [0, 0.1) is 5.92 Å². The lowest BCUT2D eigenvalue weighted by atomic mass is 10.0. The van der Waals surface area contributed by atoms with E-state index < -0.39 is 10.0 Å². The maximum atomic E-state index is 12.9. The summed E-state index contributed by atoms with van der Waals surface area (Å²) >= 11 is 5.99. The SMILES string of the molecule is COc1ccc(Cl)cc1NS(=O)(=O)c1cccc(C(=O)NCCCCN2CCCC(C)C2)c1. The zero-order valence-corrected chi connectivity index (χ0v) is 20.7. The van der Waals surface area contributed by atoms with Gasteiger partial charge in [0, 0.05) is 23.7 Å². The van der Waals surface area contributed by atoms with Gasteiger partial charge in [-0.2, -0.15) is 0 Å². The quantitative estimate of drug-likeness (QED) is 0.479. The number of nitrogens with zero attached hydrogens (tertiary/aromatic N) is 1. The molecule has 1 aliphatic heterocycles. The summed E-state index contributed by atoms with van der Waals surface area (Å²) in [6.07, 6.45) is 4.47. The van der Waals surface area contributed by atoms with Crippen molar-refractivity contribution in [1.29, 1.82) is 0 Å². The molecule has 3 rings (SSSR count). The van der Waals surface area contributed by atoms with Crippen molar-refractivity contribution in [2.45, 2.75) is 37.5 Å².